The van der Waals surface area contributed by atoms with Gasteiger partial charge in [-0.3, -0.25) is 0 Å². The van der Waals surface area contributed by atoms with Gasteiger partial charge in [0.2, 0.25) is 0 Å². The van der Waals surface area contributed by atoms with Gasteiger partial charge in [-0.2, -0.15) is 0 Å². The van der Waals surface area contributed by atoms with Gasteiger partial charge < -0.3 is 20.3 Å². The zero-order valence-electron chi connectivity index (χ0n) is 11.1. The van der Waals surface area contributed by atoms with Crippen LogP contribution in [0.25, 0.3) is 6.08 Å². The number of methoxy groups -OCH3 is 1. The number of benzene rings is 1. The van der Waals surface area contributed by atoms with Crippen molar-refractivity contribution in [3.8, 4) is 5.75 Å². The standard InChI is InChI=1S/C14H19N3O2/c1-19-13-5-3-2-4-12(13)6-7-16-14(18)17-10-8-15-9-11-17/h2-7,15H,8-11H2,1H3,(H,16,18)/b7-6+. The van der Waals surface area contributed by atoms with E-state index in [1.54, 1.807) is 18.2 Å². The van der Waals surface area contributed by atoms with Crippen LogP contribution in [0.2, 0.25) is 0 Å². The van der Waals surface area contributed by atoms with Crippen LogP contribution in [-0.2, 0) is 0 Å². The van der Waals surface area contributed by atoms with E-state index in [0.29, 0.717) is 0 Å². The second-order valence-electron chi connectivity index (χ2n) is 4.26. The normalized spacial score (nSPS) is 15.5. The maximum atomic E-state index is 11.8. The third kappa shape index (κ3) is 3.72. The molecular formula is C14H19N3O2. The summed E-state index contributed by atoms with van der Waals surface area (Å²) in [5.74, 6) is 0.787. The van der Waals surface area contributed by atoms with Crippen LogP contribution in [-0.4, -0.2) is 44.2 Å². The Balaban J connectivity index is 1.90. The molecule has 1 aromatic rings. The molecule has 1 fully saturated rings. The molecule has 1 aromatic carbocycles. The zero-order valence-corrected chi connectivity index (χ0v) is 11.1. The molecule has 102 valence electrons. The van der Waals surface area contributed by atoms with Crippen LogP contribution < -0.4 is 15.4 Å². The average molecular weight is 261 g/mol. The second kappa shape index (κ2) is 6.80. The SMILES string of the molecule is COc1ccccc1/C=C/NC(=O)N1CCNCC1. The smallest absolute Gasteiger partial charge is 0.321 e. The van der Waals surface area contributed by atoms with Crippen molar-refractivity contribution in [2.24, 2.45) is 0 Å². The molecule has 5 nitrogen and oxygen atoms in total. The topological polar surface area (TPSA) is 53.6 Å². The molecular weight excluding hydrogens is 242 g/mol. The van der Waals surface area contributed by atoms with Gasteiger partial charge in [-0.25, -0.2) is 4.79 Å². The van der Waals surface area contributed by atoms with Crippen LogP contribution in [0.4, 0.5) is 4.79 Å². The minimum Gasteiger partial charge on any atom is -0.496 e. The predicted octanol–water partition coefficient (Wildman–Crippen LogP) is 1.28. The van der Waals surface area contributed by atoms with Gasteiger partial charge in [0, 0.05) is 37.9 Å². The van der Waals surface area contributed by atoms with Gasteiger partial charge in [-0.1, -0.05) is 18.2 Å². The number of ether oxygens (including phenoxy) is 1. The van der Waals surface area contributed by atoms with Crippen LogP contribution in [0.15, 0.2) is 30.5 Å². The molecule has 0 aromatic heterocycles. The lowest BCUT2D eigenvalue weighted by atomic mass is 10.2. The Morgan fingerprint density at radius 2 is 2.11 bits per heavy atom. The largest absolute Gasteiger partial charge is 0.496 e. The first-order chi connectivity index (χ1) is 9.31. The number of carbonyl (C=O) groups excluding carboxylic acids is 1. The molecule has 0 atom stereocenters. The summed E-state index contributed by atoms with van der Waals surface area (Å²) in [5, 5.41) is 5.99. The summed E-state index contributed by atoms with van der Waals surface area (Å²) in [6.45, 7) is 3.19. The lowest BCUT2D eigenvalue weighted by Crippen LogP contribution is -2.49. The minimum absolute atomic E-state index is 0.0624. The van der Waals surface area contributed by atoms with Crippen molar-refractivity contribution in [2.75, 3.05) is 33.3 Å². The number of hydrogen-bond donors (Lipinski definition) is 2. The summed E-state index contributed by atoms with van der Waals surface area (Å²) < 4.78 is 5.24. The highest BCUT2D eigenvalue weighted by atomic mass is 16.5. The van der Waals surface area contributed by atoms with Gasteiger partial charge >= 0.3 is 6.03 Å². The van der Waals surface area contributed by atoms with E-state index in [0.717, 1.165) is 37.5 Å². The summed E-state index contributed by atoms with van der Waals surface area (Å²) in [6.07, 6.45) is 3.49. The predicted molar refractivity (Wildman–Crippen MR) is 75.0 cm³/mol. The fourth-order valence-electron chi connectivity index (χ4n) is 1.97. The Hall–Kier alpha value is -2.01. The van der Waals surface area contributed by atoms with Gasteiger partial charge in [-0.05, 0) is 12.1 Å². The molecule has 0 saturated carbocycles. The highest BCUT2D eigenvalue weighted by Crippen LogP contribution is 2.18. The van der Waals surface area contributed by atoms with Crippen LogP contribution in [0.3, 0.4) is 0 Å². The van der Waals surface area contributed by atoms with Crippen molar-refractivity contribution in [3.63, 3.8) is 0 Å². The molecule has 2 amide bonds. The van der Waals surface area contributed by atoms with Crippen molar-refractivity contribution in [3.05, 3.63) is 36.0 Å². The number of piperazine rings is 1. The molecule has 1 heterocycles. The van der Waals surface area contributed by atoms with E-state index < -0.39 is 0 Å². The first kappa shape index (κ1) is 13.4. The van der Waals surface area contributed by atoms with Crippen molar-refractivity contribution in [2.45, 2.75) is 0 Å². The maximum Gasteiger partial charge on any atom is 0.321 e. The number of urea groups is 1. The number of amides is 2. The van der Waals surface area contributed by atoms with Crippen LogP contribution in [0.5, 0.6) is 5.75 Å². The van der Waals surface area contributed by atoms with Gasteiger partial charge in [-0.15, -0.1) is 0 Å². The number of nitrogens with zero attached hydrogens (tertiary/aromatic N) is 1. The highest BCUT2D eigenvalue weighted by Gasteiger charge is 2.14. The van der Waals surface area contributed by atoms with E-state index in [1.165, 1.54) is 0 Å². The summed E-state index contributed by atoms with van der Waals surface area (Å²) in [7, 11) is 1.63. The lowest BCUT2D eigenvalue weighted by Gasteiger charge is -2.26. The molecule has 5 heteroatoms. The fourth-order valence-corrected chi connectivity index (χ4v) is 1.97. The Kier molecular flexibility index (Phi) is 4.80. The lowest BCUT2D eigenvalue weighted by molar-refractivity contribution is 0.194. The first-order valence-electron chi connectivity index (χ1n) is 6.37. The first-order valence-corrected chi connectivity index (χ1v) is 6.37. The van der Waals surface area contributed by atoms with Crippen LogP contribution in [0, 0.1) is 0 Å². The molecule has 0 radical (unpaired) electrons. The van der Waals surface area contributed by atoms with E-state index in [-0.39, 0.29) is 6.03 Å². The quantitative estimate of drug-likeness (QED) is 0.862. The molecule has 0 bridgehead atoms. The number of para-hydroxylation sites is 1. The zero-order chi connectivity index (χ0) is 13.5. The van der Waals surface area contributed by atoms with Crippen molar-refractivity contribution in [1.29, 1.82) is 0 Å². The molecule has 0 aliphatic carbocycles. The Morgan fingerprint density at radius 3 is 2.84 bits per heavy atom. The number of rotatable bonds is 3. The van der Waals surface area contributed by atoms with Gasteiger partial charge in [0.05, 0.1) is 7.11 Å². The molecule has 1 saturated heterocycles. The number of hydrogen-bond acceptors (Lipinski definition) is 3. The fraction of sp³-hybridized carbons (Fsp3) is 0.357. The minimum atomic E-state index is -0.0624. The second-order valence-corrected chi connectivity index (χ2v) is 4.26. The van der Waals surface area contributed by atoms with Gasteiger partial charge in [0.1, 0.15) is 5.75 Å². The van der Waals surface area contributed by atoms with Crippen molar-refractivity contribution >= 4 is 12.1 Å². The van der Waals surface area contributed by atoms with Gasteiger partial charge in [0.15, 0.2) is 0 Å². The Bertz CT molecular complexity index is 454. The van der Waals surface area contributed by atoms with Gasteiger partial charge in [0.25, 0.3) is 0 Å². The third-order valence-corrected chi connectivity index (χ3v) is 3.01. The molecule has 1 aliphatic rings. The van der Waals surface area contributed by atoms with E-state index in [9.17, 15) is 4.79 Å². The van der Waals surface area contributed by atoms with Crippen molar-refractivity contribution < 1.29 is 9.53 Å². The molecule has 19 heavy (non-hydrogen) atoms. The average Bonchev–Trinajstić information content (AvgIpc) is 2.48. The van der Waals surface area contributed by atoms with E-state index in [4.69, 9.17) is 4.74 Å². The molecule has 1 aliphatic heterocycles. The summed E-state index contributed by atoms with van der Waals surface area (Å²) in [6, 6.07) is 7.60. The maximum absolute atomic E-state index is 11.8. The molecule has 2 rings (SSSR count). The van der Waals surface area contributed by atoms with E-state index >= 15 is 0 Å². The number of carbonyl (C=O) groups is 1. The summed E-state index contributed by atoms with van der Waals surface area (Å²) in [4.78, 5) is 13.6. The Labute approximate surface area is 113 Å². The van der Waals surface area contributed by atoms with Crippen LogP contribution >= 0.6 is 0 Å². The molecule has 2 N–H and O–H groups in total. The highest BCUT2D eigenvalue weighted by molar-refractivity contribution is 5.76. The monoisotopic (exact) mass is 261 g/mol. The summed E-state index contributed by atoms with van der Waals surface area (Å²) in [5.41, 5.74) is 0.936. The van der Waals surface area contributed by atoms with Crippen LogP contribution in [0.1, 0.15) is 5.56 Å². The molecule has 0 unspecified atom stereocenters. The van der Waals surface area contributed by atoms with Crippen molar-refractivity contribution in [1.82, 2.24) is 15.5 Å². The van der Waals surface area contributed by atoms with E-state index in [1.807, 2.05) is 30.3 Å². The number of nitrogens with one attached hydrogen (secondary N) is 2. The summed E-state index contributed by atoms with van der Waals surface area (Å²) >= 11 is 0. The molecule has 0 spiro atoms. The van der Waals surface area contributed by atoms with E-state index in [2.05, 4.69) is 10.6 Å². The Morgan fingerprint density at radius 1 is 1.37 bits per heavy atom. The third-order valence-electron chi connectivity index (χ3n) is 3.01.